The van der Waals surface area contributed by atoms with E-state index in [0.717, 1.165) is 11.1 Å². The van der Waals surface area contributed by atoms with Crippen molar-refractivity contribution < 1.29 is 9.18 Å². The normalized spacial score (nSPS) is 11.8. The van der Waals surface area contributed by atoms with Gasteiger partial charge < -0.3 is 10.6 Å². The van der Waals surface area contributed by atoms with Crippen molar-refractivity contribution in [3.63, 3.8) is 0 Å². The van der Waals surface area contributed by atoms with E-state index in [4.69, 9.17) is 11.6 Å². The molecule has 0 aliphatic rings. The second-order valence-electron chi connectivity index (χ2n) is 5.05. The first-order valence-corrected chi connectivity index (χ1v) is 7.46. The van der Waals surface area contributed by atoms with Gasteiger partial charge in [0.2, 0.25) is 0 Å². The van der Waals surface area contributed by atoms with Crippen molar-refractivity contribution in [3.8, 4) is 0 Å². The van der Waals surface area contributed by atoms with E-state index in [2.05, 4.69) is 10.6 Å². The van der Waals surface area contributed by atoms with Crippen LogP contribution in [0.25, 0.3) is 0 Å². The van der Waals surface area contributed by atoms with E-state index in [9.17, 15) is 9.18 Å². The Labute approximate surface area is 134 Å². The molecular formula is C17H18ClFN2O. The van der Waals surface area contributed by atoms with Gasteiger partial charge in [-0.1, -0.05) is 35.9 Å². The van der Waals surface area contributed by atoms with E-state index in [1.807, 2.05) is 19.1 Å². The summed E-state index contributed by atoms with van der Waals surface area (Å²) in [4.78, 5) is 11.8. The smallest absolute Gasteiger partial charge is 0.315 e. The first-order valence-electron chi connectivity index (χ1n) is 7.09. The van der Waals surface area contributed by atoms with Gasteiger partial charge in [0.1, 0.15) is 5.82 Å². The van der Waals surface area contributed by atoms with Crippen molar-refractivity contribution in [2.75, 3.05) is 6.54 Å². The van der Waals surface area contributed by atoms with Gasteiger partial charge in [0, 0.05) is 11.6 Å². The van der Waals surface area contributed by atoms with Gasteiger partial charge in [-0.25, -0.2) is 9.18 Å². The molecule has 2 N–H and O–H groups in total. The van der Waals surface area contributed by atoms with E-state index < -0.39 is 0 Å². The maximum Gasteiger partial charge on any atom is 0.315 e. The van der Waals surface area contributed by atoms with E-state index >= 15 is 0 Å². The van der Waals surface area contributed by atoms with E-state index in [1.54, 1.807) is 24.3 Å². The Kier molecular flexibility index (Phi) is 5.78. The lowest BCUT2D eigenvalue weighted by Crippen LogP contribution is -2.38. The van der Waals surface area contributed by atoms with Crippen LogP contribution in [0.3, 0.4) is 0 Å². The average molecular weight is 321 g/mol. The molecule has 0 aromatic heterocycles. The van der Waals surface area contributed by atoms with Crippen molar-refractivity contribution in [1.29, 1.82) is 0 Å². The number of benzene rings is 2. The van der Waals surface area contributed by atoms with Crippen LogP contribution < -0.4 is 10.6 Å². The van der Waals surface area contributed by atoms with Crippen LogP contribution in [-0.4, -0.2) is 12.6 Å². The Morgan fingerprint density at radius 2 is 1.77 bits per heavy atom. The van der Waals surface area contributed by atoms with Crippen LogP contribution >= 0.6 is 11.6 Å². The summed E-state index contributed by atoms with van der Waals surface area (Å²) in [5, 5.41) is 6.31. The Balaban J connectivity index is 1.75. The summed E-state index contributed by atoms with van der Waals surface area (Å²) in [7, 11) is 0. The van der Waals surface area contributed by atoms with Gasteiger partial charge in [0.15, 0.2) is 0 Å². The third-order valence-corrected chi connectivity index (χ3v) is 3.58. The highest BCUT2D eigenvalue weighted by Crippen LogP contribution is 2.15. The van der Waals surface area contributed by atoms with Gasteiger partial charge in [0.05, 0.1) is 6.04 Å². The molecule has 2 aromatic rings. The highest BCUT2D eigenvalue weighted by molar-refractivity contribution is 6.30. The molecule has 5 heteroatoms. The lowest BCUT2D eigenvalue weighted by molar-refractivity contribution is 0.238. The number of carbonyl (C=O) groups excluding carboxylic acids is 1. The van der Waals surface area contributed by atoms with Crippen molar-refractivity contribution in [2.24, 2.45) is 0 Å². The molecule has 0 saturated carbocycles. The van der Waals surface area contributed by atoms with Crippen LogP contribution in [0.2, 0.25) is 5.02 Å². The van der Waals surface area contributed by atoms with Gasteiger partial charge >= 0.3 is 6.03 Å². The summed E-state index contributed by atoms with van der Waals surface area (Å²) in [5.74, 6) is -0.258. The molecule has 22 heavy (non-hydrogen) atoms. The summed E-state index contributed by atoms with van der Waals surface area (Å²) < 4.78 is 12.8. The third-order valence-electron chi connectivity index (χ3n) is 3.33. The number of nitrogens with one attached hydrogen (secondary N) is 2. The molecular weight excluding hydrogens is 303 g/mol. The molecule has 2 amide bonds. The monoisotopic (exact) mass is 320 g/mol. The van der Waals surface area contributed by atoms with Crippen LogP contribution in [0, 0.1) is 5.82 Å². The molecule has 0 aliphatic carbocycles. The first kappa shape index (κ1) is 16.3. The fourth-order valence-electron chi connectivity index (χ4n) is 2.05. The first-order chi connectivity index (χ1) is 10.5. The van der Waals surface area contributed by atoms with Crippen molar-refractivity contribution in [1.82, 2.24) is 10.6 Å². The molecule has 2 aromatic carbocycles. The maximum absolute atomic E-state index is 12.8. The molecule has 116 valence electrons. The highest BCUT2D eigenvalue weighted by Gasteiger charge is 2.08. The zero-order valence-electron chi connectivity index (χ0n) is 12.3. The number of halogens is 2. The summed E-state index contributed by atoms with van der Waals surface area (Å²) in [6.07, 6.45) is 0.656. The number of urea groups is 1. The zero-order valence-corrected chi connectivity index (χ0v) is 13.0. The highest BCUT2D eigenvalue weighted by atomic mass is 35.5. The SMILES string of the molecule is CC(NC(=O)NCCc1ccc(F)cc1)c1ccc(Cl)cc1. The van der Waals surface area contributed by atoms with Crippen molar-refractivity contribution in [3.05, 3.63) is 70.5 Å². The largest absolute Gasteiger partial charge is 0.338 e. The second kappa shape index (κ2) is 7.80. The van der Waals surface area contributed by atoms with Crippen LogP contribution in [0.5, 0.6) is 0 Å². The Morgan fingerprint density at radius 1 is 1.14 bits per heavy atom. The molecule has 1 atom stereocenters. The third kappa shape index (κ3) is 5.04. The molecule has 0 aliphatic heterocycles. The Bertz CT molecular complexity index is 614. The predicted molar refractivity (Wildman–Crippen MR) is 86.5 cm³/mol. The Morgan fingerprint density at radius 3 is 2.41 bits per heavy atom. The van der Waals surface area contributed by atoms with Gasteiger partial charge in [-0.3, -0.25) is 0 Å². The van der Waals surface area contributed by atoms with Gasteiger partial charge in [-0.2, -0.15) is 0 Å². The molecule has 0 bridgehead atoms. The molecule has 1 unspecified atom stereocenters. The summed E-state index contributed by atoms with van der Waals surface area (Å²) in [5.41, 5.74) is 1.96. The quantitative estimate of drug-likeness (QED) is 0.856. The second-order valence-corrected chi connectivity index (χ2v) is 5.49. The van der Waals surface area contributed by atoms with Crippen LogP contribution in [-0.2, 0) is 6.42 Å². The number of hydrogen-bond donors (Lipinski definition) is 2. The average Bonchev–Trinajstić information content (AvgIpc) is 2.50. The fourth-order valence-corrected chi connectivity index (χ4v) is 2.18. The van der Waals surface area contributed by atoms with Gasteiger partial charge in [-0.15, -0.1) is 0 Å². The van der Waals surface area contributed by atoms with Crippen molar-refractivity contribution in [2.45, 2.75) is 19.4 Å². The topological polar surface area (TPSA) is 41.1 Å². The zero-order chi connectivity index (χ0) is 15.9. The molecule has 0 heterocycles. The molecule has 2 rings (SSSR count). The van der Waals surface area contributed by atoms with E-state index in [1.165, 1.54) is 12.1 Å². The Hall–Kier alpha value is -2.07. The maximum atomic E-state index is 12.8. The number of rotatable bonds is 5. The van der Waals surface area contributed by atoms with Crippen LogP contribution in [0.15, 0.2) is 48.5 Å². The molecule has 0 fully saturated rings. The number of hydrogen-bond acceptors (Lipinski definition) is 1. The number of carbonyl (C=O) groups is 1. The fraction of sp³-hybridized carbons (Fsp3) is 0.235. The molecule has 0 saturated heterocycles. The predicted octanol–water partition coefficient (Wildman–Crippen LogP) is 4.08. The minimum atomic E-state index is -0.258. The van der Waals surface area contributed by atoms with Crippen LogP contribution in [0.1, 0.15) is 24.1 Å². The van der Waals surface area contributed by atoms with Gasteiger partial charge in [0.25, 0.3) is 0 Å². The minimum Gasteiger partial charge on any atom is -0.338 e. The molecule has 0 radical (unpaired) electrons. The lowest BCUT2D eigenvalue weighted by atomic mass is 10.1. The minimum absolute atomic E-state index is 0.108. The van der Waals surface area contributed by atoms with E-state index in [-0.39, 0.29) is 17.9 Å². The molecule has 0 spiro atoms. The summed E-state index contributed by atoms with van der Waals surface area (Å²) in [6, 6.07) is 13.3. The van der Waals surface area contributed by atoms with E-state index in [0.29, 0.717) is 18.0 Å². The standard InChI is InChI=1S/C17H18ClFN2O/c1-12(14-4-6-15(18)7-5-14)21-17(22)20-11-10-13-2-8-16(19)9-3-13/h2-9,12H,10-11H2,1H3,(H2,20,21,22). The molecule has 3 nitrogen and oxygen atoms in total. The van der Waals surface area contributed by atoms with Crippen molar-refractivity contribution >= 4 is 17.6 Å². The summed E-state index contributed by atoms with van der Waals surface area (Å²) >= 11 is 5.84. The van der Waals surface area contributed by atoms with Crippen LogP contribution in [0.4, 0.5) is 9.18 Å². The summed E-state index contributed by atoms with van der Waals surface area (Å²) in [6.45, 7) is 2.40. The number of amides is 2. The lowest BCUT2D eigenvalue weighted by Gasteiger charge is -2.15. The van der Waals surface area contributed by atoms with Gasteiger partial charge in [-0.05, 0) is 48.7 Å².